The first kappa shape index (κ1) is 23.9. The minimum atomic E-state index is -1.11. The lowest BCUT2D eigenvalue weighted by Gasteiger charge is -2.28. The summed E-state index contributed by atoms with van der Waals surface area (Å²) in [5, 5.41) is 15.8. The van der Waals surface area contributed by atoms with E-state index in [2.05, 4.69) is 15.6 Å². The van der Waals surface area contributed by atoms with Crippen LogP contribution in [-0.4, -0.2) is 71.2 Å². The van der Waals surface area contributed by atoms with Crippen LogP contribution in [0.25, 0.3) is 10.2 Å². The number of hydrogen-bond acceptors (Lipinski definition) is 9. The number of carboxylic acid groups (broad SMARTS) is 1. The number of ether oxygens (including phenoxy) is 2. The maximum absolute atomic E-state index is 13.1. The summed E-state index contributed by atoms with van der Waals surface area (Å²) in [5.74, 6) is -0.407. The van der Waals surface area contributed by atoms with E-state index in [1.165, 1.54) is 11.3 Å². The summed E-state index contributed by atoms with van der Waals surface area (Å²) in [6, 6.07) is 7.25. The minimum Gasteiger partial charge on any atom is -0.465 e. The van der Waals surface area contributed by atoms with Gasteiger partial charge in [-0.3, -0.25) is 4.79 Å². The number of aromatic nitrogens is 2. The van der Waals surface area contributed by atoms with Crippen LogP contribution in [0.3, 0.4) is 0 Å². The molecule has 11 nitrogen and oxygen atoms in total. The van der Waals surface area contributed by atoms with Crippen LogP contribution >= 0.6 is 11.3 Å². The minimum absolute atomic E-state index is 0.0218. The zero-order chi connectivity index (χ0) is 25.7. The summed E-state index contributed by atoms with van der Waals surface area (Å²) in [5.41, 5.74) is 9.70. The van der Waals surface area contributed by atoms with Crippen molar-refractivity contribution < 1.29 is 24.2 Å². The van der Waals surface area contributed by atoms with Gasteiger partial charge in [-0.15, -0.1) is 11.3 Å². The van der Waals surface area contributed by atoms with Crippen LogP contribution in [0.15, 0.2) is 24.3 Å². The van der Waals surface area contributed by atoms with E-state index >= 15 is 0 Å². The number of rotatable bonds is 4. The molecule has 0 saturated carbocycles. The van der Waals surface area contributed by atoms with Gasteiger partial charge in [0.25, 0.3) is 5.91 Å². The van der Waals surface area contributed by atoms with Crippen LogP contribution in [0.4, 0.5) is 16.3 Å². The van der Waals surface area contributed by atoms with Gasteiger partial charge in [-0.25, -0.2) is 14.8 Å². The number of hydrogen-bond donors (Lipinski definition) is 4. The number of thiophene rings is 1. The third-order valence-electron chi connectivity index (χ3n) is 7.27. The Labute approximate surface area is 217 Å². The predicted octanol–water partition coefficient (Wildman–Crippen LogP) is 2.07. The average Bonchev–Trinajstić information content (AvgIpc) is 3.57. The van der Waals surface area contributed by atoms with Gasteiger partial charge in [0.2, 0.25) is 5.79 Å². The van der Waals surface area contributed by atoms with Crippen molar-refractivity contribution in [2.24, 2.45) is 0 Å². The molecule has 194 valence electrons. The summed E-state index contributed by atoms with van der Waals surface area (Å²) >= 11 is 1.32. The molecular formula is C25H28N6O5S. The fourth-order valence-corrected chi connectivity index (χ4v) is 6.49. The predicted molar refractivity (Wildman–Crippen MR) is 138 cm³/mol. The van der Waals surface area contributed by atoms with Crippen molar-refractivity contribution >= 4 is 45.1 Å². The summed E-state index contributed by atoms with van der Waals surface area (Å²) in [6.07, 6.45) is 1.05. The lowest BCUT2D eigenvalue weighted by Crippen LogP contribution is -2.52. The van der Waals surface area contributed by atoms with Gasteiger partial charge in [-0.05, 0) is 49.9 Å². The highest BCUT2D eigenvalue weighted by molar-refractivity contribution is 7.21. The lowest BCUT2D eigenvalue weighted by molar-refractivity contribution is -0.152. The van der Waals surface area contributed by atoms with E-state index in [0.29, 0.717) is 43.3 Å². The molecule has 2 amide bonds. The van der Waals surface area contributed by atoms with Gasteiger partial charge in [0, 0.05) is 29.4 Å². The number of fused-ring (bicyclic) bond motifs is 2. The van der Waals surface area contributed by atoms with Crippen LogP contribution in [0.2, 0.25) is 0 Å². The second kappa shape index (κ2) is 9.12. The van der Waals surface area contributed by atoms with E-state index in [0.717, 1.165) is 45.8 Å². The Morgan fingerprint density at radius 1 is 1.19 bits per heavy atom. The van der Waals surface area contributed by atoms with Crippen LogP contribution in [0.1, 0.15) is 33.0 Å². The Morgan fingerprint density at radius 2 is 2.00 bits per heavy atom. The smallest absolute Gasteiger partial charge is 0.405 e. The van der Waals surface area contributed by atoms with Crippen molar-refractivity contribution in [2.45, 2.75) is 44.1 Å². The molecule has 6 rings (SSSR count). The van der Waals surface area contributed by atoms with Gasteiger partial charge in [-0.1, -0.05) is 6.07 Å². The molecule has 0 bridgehead atoms. The van der Waals surface area contributed by atoms with Crippen molar-refractivity contribution in [3.8, 4) is 0 Å². The third kappa shape index (κ3) is 4.34. The van der Waals surface area contributed by atoms with Crippen molar-refractivity contribution in [2.75, 3.05) is 36.9 Å². The summed E-state index contributed by atoms with van der Waals surface area (Å²) in [7, 11) is 0. The summed E-state index contributed by atoms with van der Waals surface area (Å²) < 4.78 is 11.7. The molecule has 3 aliphatic rings. The van der Waals surface area contributed by atoms with E-state index < -0.39 is 17.9 Å². The van der Waals surface area contributed by atoms with Crippen molar-refractivity contribution in [3.63, 3.8) is 0 Å². The normalized spacial score (nSPS) is 22.4. The van der Waals surface area contributed by atoms with E-state index in [4.69, 9.17) is 20.2 Å². The molecule has 12 heteroatoms. The number of anilines is 2. The van der Waals surface area contributed by atoms with Gasteiger partial charge in [0.15, 0.2) is 0 Å². The topological polar surface area (TPSA) is 152 Å². The number of nitrogens with two attached hydrogens (primary N) is 1. The van der Waals surface area contributed by atoms with E-state index in [1.807, 2.05) is 36.1 Å². The maximum Gasteiger partial charge on any atom is 0.405 e. The first-order valence-electron chi connectivity index (χ1n) is 12.3. The molecule has 37 heavy (non-hydrogen) atoms. The van der Waals surface area contributed by atoms with E-state index in [1.54, 1.807) is 0 Å². The first-order valence-corrected chi connectivity index (χ1v) is 13.1. The van der Waals surface area contributed by atoms with Crippen molar-refractivity contribution in [1.29, 1.82) is 0 Å². The second-order valence-corrected chi connectivity index (χ2v) is 10.7. The Bertz CT molecular complexity index is 1390. The third-order valence-corrected chi connectivity index (χ3v) is 8.38. The summed E-state index contributed by atoms with van der Waals surface area (Å²) in [6.45, 7) is 3.58. The molecule has 3 aromatic rings. The average molecular weight is 525 g/mol. The van der Waals surface area contributed by atoms with E-state index in [9.17, 15) is 14.7 Å². The Morgan fingerprint density at radius 3 is 2.78 bits per heavy atom. The van der Waals surface area contributed by atoms with Crippen LogP contribution in [0, 0.1) is 6.92 Å². The summed E-state index contributed by atoms with van der Waals surface area (Å²) in [4.78, 5) is 37.0. The Balaban J connectivity index is 1.15. The van der Waals surface area contributed by atoms with Crippen molar-refractivity contribution in [1.82, 2.24) is 20.6 Å². The monoisotopic (exact) mass is 524 g/mol. The largest absolute Gasteiger partial charge is 0.465 e. The number of nitrogens with one attached hydrogen (secondary N) is 2. The number of carbonyl (C=O) groups excluding carboxylic acids is 1. The van der Waals surface area contributed by atoms with E-state index in [-0.39, 0.29) is 11.9 Å². The Hall–Kier alpha value is -3.48. The lowest BCUT2D eigenvalue weighted by atomic mass is 9.91. The van der Waals surface area contributed by atoms with Gasteiger partial charge in [-0.2, -0.15) is 0 Å². The number of nitrogen functional groups attached to an aromatic ring is 1. The van der Waals surface area contributed by atoms with Crippen LogP contribution in [0.5, 0.6) is 0 Å². The number of pyridine rings is 2. The first-order chi connectivity index (χ1) is 17.8. The molecule has 2 saturated heterocycles. The number of nitrogens with zero attached hydrogens (tertiary/aromatic N) is 3. The number of amides is 2. The van der Waals surface area contributed by atoms with Gasteiger partial charge >= 0.3 is 6.09 Å². The quantitative estimate of drug-likeness (QED) is 0.402. The van der Waals surface area contributed by atoms with Crippen molar-refractivity contribution in [3.05, 3.63) is 46.1 Å². The molecule has 5 heterocycles. The molecule has 2 atom stereocenters. The molecule has 5 N–H and O–H groups in total. The molecule has 1 unspecified atom stereocenters. The molecular weight excluding hydrogens is 496 g/mol. The molecule has 2 fully saturated rings. The highest BCUT2D eigenvalue weighted by Gasteiger charge is 2.52. The SMILES string of the molecule is Cc1ccc2c(N)c(C(=O)N[C@H]3CCc4nc(N5CC(NC(=O)O)C6(C5)OCCO6)ccc4C3)sc2n1. The maximum atomic E-state index is 13.1. The molecule has 1 aliphatic carbocycles. The van der Waals surface area contributed by atoms with Crippen LogP contribution in [-0.2, 0) is 22.3 Å². The van der Waals surface area contributed by atoms with Gasteiger partial charge < -0.3 is 35.8 Å². The van der Waals surface area contributed by atoms with Gasteiger partial charge in [0.05, 0.1) is 25.4 Å². The number of aryl methyl sites for hydroxylation is 2. The van der Waals surface area contributed by atoms with Gasteiger partial charge in [0.1, 0.15) is 21.6 Å². The molecule has 0 radical (unpaired) electrons. The standard InChI is InChI=1S/C25H28N6O5S/c1-13-2-5-16-20(26)21(37-23(16)27-13)22(32)28-15-4-6-17-14(10-15)3-7-19(29-17)31-11-18(30-24(33)34)25(12-31)35-8-9-36-25/h2-3,5,7,15,18,30H,4,6,8-12,26H2,1H3,(H,28,32)(H,33,34)/t15-,18?/m0/s1. The Kier molecular flexibility index (Phi) is 5.89. The molecule has 3 aromatic heterocycles. The second-order valence-electron chi connectivity index (χ2n) is 9.73. The fraction of sp³-hybridized carbons (Fsp3) is 0.440. The molecule has 1 spiro atoms. The highest BCUT2D eigenvalue weighted by Crippen LogP contribution is 2.35. The molecule has 0 aromatic carbocycles. The zero-order valence-corrected chi connectivity index (χ0v) is 21.1. The zero-order valence-electron chi connectivity index (χ0n) is 20.3. The highest BCUT2D eigenvalue weighted by atomic mass is 32.1. The molecule has 2 aliphatic heterocycles. The van der Waals surface area contributed by atoms with Crippen LogP contribution < -0.4 is 21.3 Å². The number of carbonyl (C=O) groups is 2. The fourth-order valence-electron chi connectivity index (χ4n) is 5.45.